The summed E-state index contributed by atoms with van der Waals surface area (Å²) in [6.45, 7) is 1.88. The maximum atomic E-state index is 13.4. The molecule has 6 heteroatoms. The number of anilines is 1. The van der Waals surface area contributed by atoms with Crippen molar-refractivity contribution in [1.29, 1.82) is 0 Å². The molecule has 2 unspecified atom stereocenters. The Hall–Kier alpha value is -4.41. The van der Waals surface area contributed by atoms with E-state index in [2.05, 4.69) is 16.6 Å². The molecule has 0 amide bonds. The zero-order chi connectivity index (χ0) is 27.5. The lowest BCUT2D eigenvalue weighted by Crippen LogP contribution is -2.28. The van der Waals surface area contributed by atoms with Crippen molar-refractivity contribution in [2.45, 2.75) is 23.5 Å². The van der Waals surface area contributed by atoms with Crippen molar-refractivity contribution < 1.29 is 18.6 Å². The first-order valence-electron chi connectivity index (χ1n) is 12.4. The van der Waals surface area contributed by atoms with Crippen LogP contribution >= 0.6 is 0 Å². The Labute approximate surface area is 228 Å². The Kier molecular flexibility index (Phi) is 7.23. The lowest BCUT2D eigenvalue weighted by atomic mass is 9.84. The van der Waals surface area contributed by atoms with Crippen LogP contribution in [0.25, 0.3) is 10.8 Å². The monoisotopic (exact) mass is 533 g/mol. The van der Waals surface area contributed by atoms with Gasteiger partial charge in [0.2, 0.25) is 0 Å². The third kappa shape index (κ3) is 5.57. The molecule has 0 aliphatic heterocycles. The van der Waals surface area contributed by atoms with Crippen LogP contribution in [-0.4, -0.2) is 18.6 Å². The zero-order valence-corrected chi connectivity index (χ0v) is 22.1. The van der Waals surface area contributed by atoms with E-state index in [9.17, 15) is 18.6 Å². The molecule has 0 saturated carbocycles. The van der Waals surface area contributed by atoms with Gasteiger partial charge in [-0.3, -0.25) is 4.72 Å². The second-order valence-corrected chi connectivity index (χ2v) is 11.0. The van der Waals surface area contributed by atoms with Crippen molar-refractivity contribution in [2.75, 3.05) is 4.72 Å². The molecule has 0 spiro atoms. The minimum absolute atomic E-state index is 0.0982. The third-order valence-corrected chi connectivity index (χ3v) is 7.93. The molecule has 39 heavy (non-hydrogen) atoms. The standard InChI is InChI=1S/C33H27NO4S/c1-24-16-18-29(19-17-24)39(37,38)34-31-23-27-13-9-8-12-26(27)22-30(31)33(36,28-14-6-3-7-15-28)21-20-32(35)25-10-4-2-5-11-25/h2-19,22-23,32,34-36H,1H3. The van der Waals surface area contributed by atoms with Gasteiger partial charge in [-0.05, 0) is 47.5 Å². The third-order valence-electron chi connectivity index (χ3n) is 6.55. The minimum atomic E-state index is -4.00. The van der Waals surface area contributed by atoms with Crippen LogP contribution in [0.5, 0.6) is 0 Å². The molecule has 5 rings (SSSR count). The van der Waals surface area contributed by atoms with Crippen LogP contribution in [0.1, 0.15) is 28.4 Å². The lowest BCUT2D eigenvalue weighted by molar-refractivity contribution is 0.145. The molecule has 5 nitrogen and oxygen atoms in total. The van der Waals surface area contributed by atoms with E-state index < -0.39 is 21.7 Å². The molecule has 0 aliphatic carbocycles. The molecule has 0 heterocycles. The predicted octanol–water partition coefficient (Wildman–Crippen LogP) is 5.92. The van der Waals surface area contributed by atoms with Crippen molar-refractivity contribution in [3.8, 4) is 11.8 Å². The molecule has 0 bridgehead atoms. The molecule has 5 aromatic rings. The van der Waals surface area contributed by atoms with Gasteiger partial charge in [0.1, 0.15) is 6.10 Å². The van der Waals surface area contributed by atoms with Gasteiger partial charge in [0.15, 0.2) is 5.60 Å². The average Bonchev–Trinajstić information content (AvgIpc) is 2.96. The number of nitrogens with one attached hydrogen (secondary N) is 1. The molecule has 2 atom stereocenters. The first-order chi connectivity index (χ1) is 18.8. The van der Waals surface area contributed by atoms with E-state index in [0.29, 0.717) is 11.1 Å². The van der Waals surface area contributed by atoms with Crippen molar-refractivity contribution >= 4 is 26.5 Å². The number of sulfonamides is 1. The highest BCUT2D eigenvalue weighted by Crippen LogP contribution is 2.38. The highest BCUT2D eigenvalue weighted by atomic mass is 32.2. The van der Waals surface area contributed by atoms with E-state index in [1.165, 1.54) is 12.1 Å². The second-order valence-electron chi connectivity index (χ2n) is 9.32. The summed E-state index contributed by atoms with van der Waals surface area (Å²) < 4.78 is 29.6. The Bertz CT molecular complexity index is 1770. The first-order valence-corrected chi connectivity index (χ1v) is 13.9. The Balaban J connectivity index is 1.70. The zero-order valence-electron chi connectivity index (χ0n) is 21.2. The van der Waals surface area contributed by atoms with Crippen molar-refractivity contribution in [1.82, 2.24) is 0 Å². The summed E-state index contributed by atoms with van der Waals surface area (Å²) in [5, 5.41) is 24.6. The normalized spacial score (nSPS) is 13.6. The lowest BCUT2D eigenvalue weighted by Gasteiger charge is -2.27. The topological polar surface area (TPSA) is 86.6 Å². The van der Waals surface area contributed by atoms with Gasteiger partial charge in [-0.1, -0.05) is 114 Å². The smallest absolute Gasteiger partial charge is 0.261 e. The van der Waals surface area contributed by atoms with Crippen molar-refractivity contribution in [3.05, 3.63) is 144 Å². The summed E-state index contributed by atoms with van der Waals surface area (Å²) >= 11 is 0. The highest BCUT2D eigenvalue weighted by molar-refractivity contribution is 7.92. The molecular formula is C33H27NO4S. The van der Waals surface area contributed by atoms with E-state index in [1.54, 1.807) is 72.8 Å². The first kappa shape index (κ1) is 26.2. The van der Waals surface area contributed by atoms with Gasteiger partial charge in [0, 0.05) is 11.1 Å². The number of rotatable bonds is 6. The molecule has 0 aliphatic rings. The van der Waals surface area contributed by atoms with Crippen LogP contribution in [0.15, 0.2) is 126 Å². The number of hydrogen-bond donors (Lipinski definition) is 3. The summed E-state index contributed by atoms with van der Waals surface area (Å²) in [5.74, 6) is 5.68. The van der Waals surface area contributed by atoms with Crippen LogP contribution in [0.2, 0.25) is 0 Å². The van der Waals surface area contributed by atoms with Crippen molar-refractivity contribution in [2.24, 2.45) is 0 Å². The number of hydrogen-bond acceptors (Lipinski definition) is 4. The van der Waals surface area contributed by atoms with Crippen molar-refractivity contribution in [3.63, 3.8) is 0 Å². The number of fused-ring (bicyclic) bond motifs is 1. The second kappa shape index (κ2) is 10.8. The Morgan fingerprint density at radius 2 is 1.33 bits per heavy atom. The van der Waals surface area contributed by atoms with Gasteiger partial charge >= 0.3 is 0 Å². The molecule has 0 radical (unpaired) electrons. The maximum absolute atomic E-state index is 13.4. The quantitative estimate of drug-likeness (QED) is 0.237. The largest absolute Gasteiger partial charge is 0.376 e. The Morgan fingerprint density at radius 3 is 1.97 bits per heavy atom. The number of benzene rings is 5. The molecule has 0 fully saturated rings. The molecule has 0 saturated heterocycles. The molecule has 0 aromatic heterocycles. The Morgan fingerprint density at radius 1 is 0.769 bits per heavy atom. The van der Waals surface area contributed by atoms with E-state index in [4.69, 9.17) is 0 Å². The predicted molar refractivity (Wildman–Crippen MR) is 155 cm³/mol. The fourth-order valence-electron chi connectivity index (χ4n) is 4.41. The van der Waals surface area contributed by atoms with E-state index in [-0.39, 0.29) is 16.1 Å². The van der Waals surface area contributed by atoms with Gasteiger partial charge in [-0.2, -0.15) is 0 Å². The van der Waals surface area contributed by atoms with E-state index >= 15 is 0 Å². The molecule has 194 valence electrons. The summed E-state index contributed by atoms with van der Waals surface area (Å²) in [6.07, 6.45) is -1.16. The van der Waals surface area contributed by atoms with E-state index in [0.717, 1.165) is 16.3 Å². The highest BCUT2D eigenvalue weighted by Gasteiger charge is 2.34. The molecular weight excluding hydrogens is 506 g/mol. The number of aliphatic hydroxyl groups is 2. The number of aliphatic hydroxyl groups excluding tert-OH is 1. The van der Waals surface area contributed by atoms with Crippen LogP contribution < -0.4 is 4.72 Å². The fourth-order valence-corrected chi connectivity index (χ4v) is 5.48. The van der Waals surface area contributed by atoms with Gasteiger partial charge in [-0.25, -0.2) is 8.42 Å². The number of aryl methyl sites for hydroxylation is 1. The fraction of sp³-hybridized carbons (Fsp3) is 0.0909. The minimum Gasteiger partial charge on any atom is -0.376 e. The SMILES string of the molecule is Cc1ccc(S(=O)(=O)Nc2cc3ccccc3cc2C(O)(C#CC(O)c2ccccc2)c2ccccc2)cc1. The van der Waals surface area contributed by atoms with Gasteiger partial charge in [0.25, 0.3) is 10.0 Å². The van der Waals surface area contributed by atoms with Crippen LogP contribution in [0.4, 0.5) is 5.69 Å². The molecule has 5 aromatic carbocycles. The van der Waals surface area contributed by atoms with E-state index in [1.807, 2.05) is 43.3 Å². The maximum Gasteiger partial charge on any atom is 0.261 e. The van der Waals surface area contributed by atoms with Crippen LogP contribution in [0, 0.1) is 18.8 Å². The van der Waals surface area contributed by atoms with Gasteiger partial charge in [0.05, 0.1) is 10.6 Å². The van der Waals surface area contributed by atoms with Gasteiger partial charge in [-0.15, -0.1) is 0 Å². The summed E-state index contributed by atoms with van der Waals surface area (Å²) in [7, 11) is -4.00. The average molecular weight is 534 g/mol. The van der Waals surface area contributed by atoms with Gasteiger partial charge < -0.3 is 10.2 Å². The summed E-state index contributed by atoms with van der Waals surface area (Å²) in [4.78, 5) is 0.0982. The summed E-state index contributed by atoms with van der Waals surface area (Å²) in [5.41, 5.74) is 0.431. The van der Waals surface area contributed by atoms with Crippen LogP contribution in [-0.2, 0) is 15.6 Å². The van der Waals surface area contributed by atoms with Crippen LogP contribution in [0.3, 0.4) is 0 Å². The summed E-state index contributed by atoms with van der Waals surface area (Å²) in [6, 6.07) is 35.2. The molecule has 3 N–H and O–H groups in total.